The first-order valence-corrected chi connectivity index (χ1v) is 8.42. The molecule has 1 aromatic carbocycles. The van der Waals surface area contributed by atoms with Gasteiger partial charge in [-0.1, -0.05) is 6.07 Å². The Hall–Kier alpha value is -4.01. The molecule has 0 saturated heterocycles. The second-order valence-electron chi connectivity index (χ2n) is 6.06. The summed E-state index contributed by atoms with van der Waals surface area (Å²) in [6.07, 6.45) is 5.09. The van der Waals surface area contributed by atoms with E-state index in [1.165, 1.54) is 10.7 Å². The number of benzene rings is 1. The molecule has 4 aromatic rings. The van der Waals surface area contributed by atoms with Crippen molar-refractivity contribution in [1.82, 2.24) is 29.5 Å². The lowest BCUT2D eigenvalue weighted by Crippen LogP contribution is -2.20. The van der Waals surface area contributed by atoms with Crippen molar-refractivity contribution in [3.05, 3.63) is 65.3 Å². The number of hydrogen-bond donors (Lipinski definition) is 1. The maximum Gasteiger partial charge on any atom is 0.271 e. The molecule has 0 fully saturated rings. The van der Waals surface area contributed by atoms with Gasteiger partial charge in [0.25, 0.3) is 5.56 Å². The Labute approximate surface area is 160 Å². The van der Waals surface area contributed by atoms with Crippen LogP contribution in [0.1, 0.15) is 0 Å². The predicted molar refractivity (Wildman–Crippen MR) is 104 cm³/mol. The third-order valence-electron chi connectivity index (χ3n) is 4.14. The van der Waals surface area contributed by atoms with Gasteiger partial charge in [0, 0.05) is 30.9 Å². The summed E-state index contributed by atoms with van der Waals surface area (Å²) < 4.78 is 8.17. The minimum atomic E-state index is -0.285. The lowest BCUT2D eigenvalue weighted by Gasteiger charge is -2.10. The quantitative estimate of drug-likeness (QED) is 0.577. The van der Waals surface area contributed by atoms with Crippen molar-refractivity contribution in [2.24, 2.45) is 7.05 Å². The number of nitrogens with zero attached hydrogens (tertiary/aromatic N) is 6. The first kappa shape index (κ1) is 17.4. The van der Waals surface area contributed by atoms with Crippen LogP contribution >= 0.6 is 0 Å². The fourth-order valence-corrected chi connectivity index (χ4v) is 2.74. The molecule has 0 aliphatic heterocycles. The Morgan fingerprint density at radius 2 is 1.96 bits per heavy atom. The summed E-state index contributed by atoms with van der Waals surface area (Å²) in [7, 11) is 3.38. The minimum absolute atomic E-state index is 0.219. The standard InChI is InChI=1S/C19H17N7O2/c1-25-11-12(9-22-25)16-10-21-19(20)18(23-16)15-6-7-17(27)26(24-15)13-4-3-5-14(8-13)28-2/h3-11H,1-2H3,(H2,20,21). The van der Waals surface area contributed by atoms with E-state index in [1.807, 2.05) is 13.2 Å². The van der Waals surface area contributed by atoms with E-state index in [0.717, 1.165) is 5.56 Å². The van der Waals surface area contributed by atoms with Crippen LogP contribution in [0.5, 0.6) is 5.75 Å². The summed E-state index contributed by atoms with van der Waals surface area (Å²) in [5, 5.41) is 8.58. The molecule has 0 aliphatic rings. The average Bonchev–Trinajstić information content (AvgIpc) is 3.15. The maximum absolute atomic E-state index is 12.4. The number of aromatic nitrogens is 6. The normalized spacial score (nSPS) is 10.8. The first-order valence-electron chi connectivity index (χ1n) is 8.42. The number of hydrogen-bond acceptors (Lipinski definition) is 7. The summed E-state index contributed by atoms with van der Waals surface area (Å²) in [5.41, 5.74) is 8.55. The molecule has 3 heterocycles. The molecule has 3 aromatic heterocycles. The number of anilines is 1. The molecule has 0 amide bonds. The Kier molecular flexibility index (Phi) is 4.32. The van der Waals surface area contributed by atoms with Crippen LogP contribution in [0, 0.1) is 0 Å². The van der Waals surface area contributed by atoms with Gasteiger partial charge >= 0.3 is 0 Å². The molecule has 0 radical (unpaired) electrons. The summed E-state index contributed by atoms with van der Waals surface area (Å²) in [4.78, 5) is 21.2. The van der Waals surface area contributed by atoms with E-state index in [0.29, 0.717) is 28.5 Å². The van der Waals surface area contributed by atoms with Gasteiger partial charge in [-0.05, 0) is 18.2 Å². The maximum atomic E-state index is 12.4. The van der Waals surface area contributed by atoms with Crippen molar-refractivity contribution < 1.29 is 4.74 Å². The summed E-state index contributed by atoms with van der Waals surface area (Å²) in [5.74, 6) is 0.838. The monoisotopic (exact) mass is 375 g/mol. The van der Waals surface area contributed by atoms with E-state index >= 15 is 0 Å². The van der Waals surface area contributed by atoms with Gasteiger partial charge in [-0.15, -0.1) is 0 Å². The smallest absolute Gasteiger partial charge is 0.271 e. The van der Waals surface area contributed by atoms with Gasteiger partial charge < -0.3 is 10.5 Å². The van der Waals surface area contributed by atoms with Crippen molar-refractivity contribution in [3.63, 3.8) is 0 Å². The van der Waals surface area contributed by atoms with E-state index in [1.54, 1.807) is 54.5 Å². The van der Waals surface area contributed by atoms with Crippen LogP contribution < -0.4 is 16.0 Å². The molecule has 140 valence electrons. The van der Waals surface area contributed by atoms with Crippen molar-refractivity contribution in [1.29, 1.82) is 0 Å². The van der Waals surface area contributed by atoms with Gasteiger partial charge in [0.1, 0.15) is 17.1 Å². The van der Waals surface area contributed by atoms with Gasteiger partial charge in [0.2, 0.25) is 0 Å². The van der Waals surface area contributed by atoms with Gasteiger partial charge in [-0.25, -0.2) is 9.97 Å². The van der Waals surface area contributed by atoms with E-state index < -0.39 is 0 Å². The highest BCUT2D eigenvalue weighted by Gasteiger charge is 2.13. The van der Waals surface area contributed by atoms with Crippen LogP contribution in [-0.4, -0.2) is 36.6 Å². The van der Waals surface area contributed by atoms with Crippen LogP contribution in [0.4, 0.5) is 5.82 Å². The molecule has 4 rings (SSSR count). The topological polar surface area (TPSA) is 114 Å². The fourth-order valence-electron chi connectivity index (χ4n) is 2.74. The van der Waals surface area contributed by atoms with Crippen LogP contribution in [0.15, 0.2) is 59.8 Å². The Balaban J connectivity index is 1.83. The largest absolute Gasteiger partial charge is 0.497 e. The number of methoxy groups -OCH3 is 1. The molecule has 9 nitrogen and oxygen atoms in total. The highest BCUT2D eigenvalue weighted by molar-refractivity contribution is 5.70. The summed E-state index contributed by atoms with van der Waals surface area (Å²) in [6.45, 7) is 0. The summed E-state index contributed by atoms with van der Waals surface area (Å²) in [6, 6.07) is 10.1. The average molecular weight is 375 g/mol. The number of nitrogens with two attached hydrogens (primary N) is 1. The van der Waals surface area contributed by atoms with Gasteiger partial charge in [-0.3, -0.25) is 9.48 Å². The number of nitrogen functional groups attached to an aromatic ring is 1. The van der Waals surface area contributed by atoms with Crippen LogP contribution in [0.3, 0.4) is 0 Å². The van der Waals surface area contributed by atoms with Gasteiger partial charge in [-0.2, -0.15) is 14.9 Å². The Bertz CT molecular complexity index is 1210. The fraction of sp³-hybridized carbons (Fsp3) is 0.105. The zero-order valence-electron chi connectivity index (χ0n) is 15.3. The highest BCUT2D eigenvalue weighted by Crippen LogP contribution is 2.24. The Morgan fingerprint density at radius 3 is 2.71 bits per heavy atom. The van der Waals surface area contributed by atoms with Crippen molar-refractivity contribution in [2.75, 3.05) is 12.8 Å². The third-order valence-corrected chi connectivity index (χ3v) is 4.14. The van der Waals surface area contributed by atoms with E-state index in [4.69, 9.17) is 10.5 Å². The molecule has 0 atom stereocenters. The van der Waals surface area contributed by atoms with Gasteiger partial charge in [0.05, 0.1) is 30.9 Å². The minimum Gasteiger partial charge on any atom is -0.497 e. The molecule has 0 unspecified atom stereocenters. The Morgan fingerprint density at radius 1 is 1.11 bits per heavy atom. The molecular formula is C19H17N7O2. The molecule has 28 heavy (non-hydrogen) atoms. The number of aryl methyl sites for hydroxylation is 1. The molecule has 2 N–H and O–H groups in total. The van der Waals surface area contributed by atoms with E-state index in [2.05, 4.69) is 20.2 Å². The van der Waals surface area contributed by atoms with E-state index in [-0.39, 0.29) is 11.4 Å². The van der Waals surface area contributed by atoms with Crippen molar-refractivity contribution in [2.45, 2.75) is 0 Å². The first-order chi connectivity index (χ1) is 13.5. The number of rotatable bonds is 4. The summed E-state index contributed by atoms with van der Waals surface area (Å²) >= 11 is 0. The lowest BCUT2D eigenvalue weighted by atomic mass is 10.2. The van der Waals surface area contributed by atoms with E-state index in [9.17, 15) is 4.79 Å². The second kappa shape index (κ2) is 6.95. The zero-order valence-corrected chi connectivity index (χ0v) is 15.3. The van der Waals surface area contributed by atoms with Crippen LogP contribution in [-0.2, 0) is 7.05 Å². The second-order valence-corrected chi connectivity index (χ2v) is 6.06. The number of ether oxygens (including phenoxy) is 1. The molecule has 9 heteroatoms. The highest BCUT2D eigenvalue weighted by atomic mass is 16.5. The lowest BCUT2D eigenvalue weighted by molar-refractivity contribution is 0.414. The SMILES string of the molecule is COc1cccc(-n2nc(-c3nc(-c4cnn(C)c4)cnc3N)ccc2=O)c1. The molecule has 0 aliphatic carbocycles. The molecule has 0 saturated carbocycles. The zero-order chi connectivity index (χ0) is 19.7. The van der Waals surface area contributed by atoms with Crippen molar-refractivity contribution in [3.8, 4) is 34.1 Å². The third kappa shape index (κ3) is 3.20. The van der Waals surface area contributed by atoms with Crippen LogP contribution in [0.25, 0.3) is 28.3 Å². The molecule has 0 spiro atoms. The molecular weight excluding hydrogens is 358 g/mol. The van der Waals surface area contributed by atoms with Crippen LogP contribution in [0.2, 0.25) is 0 Å². The predicted octanol–water partition coefficient (Wildman–Crippen LogP) is 1.68. The molecule has 0 bridgehead atoms. The van der Waals surface area contributed by atoms with Gasteiger partial charge in [0.15, 0.2) is 5.82 Å². The van der Waals surface area contributed by atoms with Crippen molar-refractivity contribution >= 4 is 5.82 Å².